The second-order valence-corrected chi connectivity index (χ2v) is 8.26. The maximum atomic E-state index is 15.4. The fourth-order valence-electron chi connectivity index (χ4n) is 3.94. The van der Waals surface area contributed by atoms with Gasteiger partial charge >= 0.3 is 6.03 Å². The lowest BCUT2D eigenvalue weighted by Crippen LogP contribution is -2.49. The number of methoxy groups -OCH3 is 2. The first-order valence-electron chi connectivity index (χ1n) is 11.7. The number of aromatic nitrogens is 1. The van der Waals surface area contributed by atoms with Gasteiger partial charge in [-0.2, -0.15) is 0 Å². The lowest BCUT2D eigenvalue weighted by atomic mass is 10.0. The van der Waals surface area contributed by atoms with Crippen molar-refractivity contribution in [3.63, 3.8) is 0 Å². The summed E-state index contributed by atoms with van der Waals surface area (Å²) in [6, 6.07) is 2.06. The molecule has 1 aromatic carbocycles. The molecule has 0 unspecified atom stereocenters. The topological polar surface area (TPSA) is 132 Å². The third-order valence-corrected chi connectivity index (χ3v) is 5.82. The number of rotatable bonds is 9. The van der Waals surface area contributed by atoms with Gasteiger partial charge < -0.3 is 20.9 Å². The second-order valence-electron chi connectivity index (χ2n) is 8.26. The number of nitrogens with two attached hydrogens (primary N) is 2. The van der Waals surface area contributed by atoms with Crippen LogP contribution in [0.2, 0.25) is 0 Å². The van der Waals surface area contributed by atoms with E-state index in [1.807, 2.05) is 6.92 Å². The van der Waals surface area contributed by atoms with Crippen LogP contribution >= 0.6 is 0 Å². The van der Waals surface area contributed by atoms with Crippen LogP contribution in [-0.2, 0) is 6.54 Å². The average Bonchev–Trinajstić information content (AvgIpc) is 2.91. The van der Waals surface area contributed by atoms with Gasteiger partial charge in [0.1, 0.15) is 5.69 Å². The third-order valence-electron chi connectivity index (χ3n) is 5.82. The number of aliphatic imine (C=N–C) groups is 2. The molecule has 2 aromatic rings. The van der Waals surface area contributed by atoms with Crippen molar-refractivity contribution in [2.24, 2.45) is 21.5 Å². The molecule has 0 spiro atoms. The number of amides is 2. The highest BCUT2D eigenvalue weighted by Gasteiger charge is 2.37. The van der Waals surface area contributed by atoms with E-state index in [1.54, 1.807) is 32.5 Å². The fourth-order valence-corrected chi connectivity index (χ4v) is 3.94. The number of anilines is 2. The van der Waals surface area contributed by atoms with E-state index in [4.69, 9.17) is 20.9 Å². The van der Waals surface area contributed by atoms with Crippen LogP contribution < -0.4 is 30.7 Å². The number of carbonyl (C=O) groups excluding carboxylic acids is 1. The van der Waals surface area contributed by atoms with Crippen molar-refractivity contribution in [2.75, 3.05) is 44.2 Å². The molecule has 4 N–H and O–H groups in total. The third kappa shape index (κ3) is 5.43. The molecule has 3 rings (SSSR count). The molecule has 0 saturated heterocycles. The minimum Gasteiger partial charge on any atom is -0.493 e. The van der Waals surface area contributed by atoms with Crippen molar-refractivity contribution in [1.29, 1.82) is 0 Å². The zero-order chi connectivity index (χ0) is 28.0. The monoisotopic (exact) mass is 527 g/mol. The minimum absolute atomic E-state index is 0.0291. The molecule has 1 aliphatic heterocycles. The summed E-state index contributed by atoms with van der Waals surface area (Å²) in [5.74, 6) is -2.64. The first-order chi connectivity index (χ1) is 18.2. The lowest BCUT2D eigenvalue weighted by molar-refractivity contribution is 0.250. The van der Waals surface area contributed by atoms with E-state index < -0.39 is 23.4 Å². The molecule has 1 aromatic heterocycles. The number of urea groups is 1. The Hall–Kier alpha value is -4.48. The first-order valence-corrected chi connectivity index (χ1v) is 11.7. The van der Waals surface area contributed by atoms with Crippen molar-refractivity contribution < 1.29 is 23.0 Å². The quantitative estimate of drug-likeness (QED) is 0.479. The molecule has 10 nitrogen and oxygen atoms in total. The molecule has 2 heterocycles. The van der Waals surface area contributed by atoms with Crippen molar-refractivity contribution in [1.82, 2.24) is 4.98 Å². The Kier molecular flexibility index (Phi) is 9.00. The molecule has 0 fully saturated rings. The van der Waals surface area contributed by atoms with Crippen molar-refractivity contribution in [3.8, 4) is 11.5 Å². The van der Waals surface area contributed by atoms with Crippen LogP contribution in [0.4, 0.5) is 25.0 Å². The van der Waals surface area contributed by atoms with Gasteiger partial charge in [-0.3, -0.25) is 24.8 Å². The normalized spacial score (nSPS) is 14.8. The zero-order valence-corrected chi connectivity index (χ0v) is 22.0. The summed E-state index contributed by atoms with van der Waals surface area (Å²) >= 11 is 0. The summed E-state index contributed by atoms with van der Waals surface area (Å²) in [4.78, 5) is 28.9. The Morgan fingerprint density at radius 3 is 2.37 bits per heavy atom. The van der Waals surface area contributed by atoms with Crippen LogP contribution in [0.3, 0.4) is 0 Å². The molecule has 12 heteroatoms. The first kappa shape index (κ1) is 28.1. The molecule has 0 atom stereocenters. The Labute approximate surface area is 220 Å². The van der Waals surface area contributed by atoms with Gasteiger partial charge in [-0.1, -0.05) is 0 Å². The lowest BCUT2D eigenvalue weighted by Gasteiger charge is -2.37. The van der Waals surface area contributed by atoms with Crippen LogP contribution in [-0.4, -0.2) is 57.8 Å². The van der Waals surface area contributed by atoms with Gasteiger partial charge in [0.15, 0.2) is 23.1 Å². The molecule has 0 bridgehead atoms. The van der Waals surface area contributed by atoms with Gasteiger partial charge in [-0.15, -0.1) is 0 Å². The minimum atomic E-state index is -1.04. The van der Waals surface area contributed by atoms with Gasteiger partial charge in [-0.25, -0.2) is 13.6 Å². The molecule has 202 valence electrons. The van der Waals surface area contributed by atoms with E-state index in [0.29, 0.717) is 40.3 Å². The summed E-state index contributed by atoms with van der Waals surface area (Å²) in [6.07, 6.45) is 5.96. The number of fused-ring (bicyclic) bond motifs is 1. The van der Waals surface area contributed by atoms with Gasteiger partial charge in [0.05, 0.1) is 38.7 Å². The van der Waals surface area contributed by atoms with Gasteiger partial charge in [-0.05, 0) is 19.9 Å². The van der Waals surface area contributed by atoms with Crippen LogP contribution in [0.25, 0.3) is 5.57 Å². The molecular formula is C26H31F2N7O3. The molecule has 0 radical (unpaired) electrons. The van der Waals surface area contributed by atoms with Crippen molar-refractivity contribution >= 4 is 35.4 Å². The standard InChI is InChI=1S/C26H31F2N7O3/c1-6-32-10-16(9-29)13-34-20-7-19(18(12-31-3)15(2)30)33-11-17(20)14-35(26(34)36)25-23(27)21(37-4)8-22(38-5)24(25)28/h7-12H,6,13-14,29-30H2,1-5H3. The Morgan fingerprint density at radius 2 is 1.84 bits per heavy atom. The smallest absolute Gasteiger partial charge is 0.329 e. The molecule has 2 amide bonds. The molecular weight excluding hydrogens is 496 g/mol. The van der Waals surface area contributed by atoms with Crippen molar-refractivity contribution in [3.05, 3.63) is 58.7 Å². The number of hydrogen-bond donors (Lipinski definition) is 2. The molecule has 38 heavy (non-hydrogen) atoms. The molecule has 0 aliphatic carbocycles. The highest BCUT2D eigenvalue weighted by atomic mass is 19.1. The summed E-state index contributed by atoms with van der Waals surface area (Å²) < 4.78 is 41.0. The van der Waals surface area contributed by atoms with Crippen molar-refractivity contribution in [2.45, 2.75) is 20.4 Å². The molecule has 0 saturated carbocycles. The van der Waals surface area contributed by atoms with E-state index in [-0.39, 0.29) is 24.6 Å². The van der Waals surface area contributed by atoms with E-state index in [0.717, 1.165) is 11.0 Å². The van der Waals surface area contributed by atoms with Crippen LogP contribution in [0, 0.1) is 11.6 Å². The summed E-state index contributed by atoms with van der Waals surface area (Å²) in [5.41, 5.74) is 14.3. The number of benzene rings is 1. The van der Waals surface area contributed by atoms with E-state index >= 15 is 8.78 Å². The predicted molar refractivity (Wildman–Crippen MR) is 145 cm³/mol. The number of allylic oxidation sites excluding steroid dienone is 2. The van der Waals surface area contributed by atoms with Crippen LogP contribution in [0.15, 0.2) is 45.8 Å². The number of halogens is 2. The summed E-state index contributed by atoms with van der Waals surface area (Å²) in [7, 11) is 4.08. The van der Waals surface area contributed by atoms with E-state index in [1.165, 1.54) is 31.5 Å². The van der Waals surface area contributed by atoms with Gasteiger partial charge in [0.25, 0.3) is 0 Å². The largest absolute Gasteiger partial charge is 0.493 e. The number of hydrogen-bond acceptors (Lipinski definition) is 8. The maximum Gasteiger partial charge on any atom is 0.329 e. The van der Waals surface area contributed by atoms with E-state index in [2.05, 4.69) is 15.0 Å². The molecule has 1 aliphatic rings. The number of pyridine rings is 1. The Balaban J connectivity index is 2.25. The zero-order valence-electron chi connectivity index (χ0n) is 22.0. The Morgan fingerprint density at radius 1 is 1.18 bits per heavy atom. The average molecular weight is 528 g/mol. The predicted octanol–water partition coefficient (Wildman–Crippen LogP) is 3.65. The highest BCUT2D eigenvalue weighted by molar-refractivity contribution is 6.11. The SMILES string of the molecule is CCN=CC(=CN)CN1C(=O)N(c2c(F)c(OC)cc(OC)c2F)Cc2cnc(C(C=NC)=C(C)N)cc21. The summed E-state index contributed by atoms with van der Waals surface area (Å²) in [6.45, 7) is 3.86. The highest BCUT2D eigenvalue weighted by Crippen LogP contribution is 2.41. The maximum absolute atomic E-state index is 15.4. The van der Waals surface area contributed by atoms with E-state index in [9.17, 15) is 4.79 Å². The number of nitrogens with zero attached hydrogens (tertiary/aromatic N) is 5. The van der Waals surface area contributed by atoms with Crippen LogP contribution in [0.5, 0.6) is 11.5 Å². The Bertz CT molecular complexity index is 1310. The van der Waals surface area contributed by atoms with Gasteiger partial charge in [0, 0.05) is 66.9 Å². The number of ether oxygens (including phenoxy) is 2. The summed E-state index contributed by atoms with van der Waals surface area (Å²) in [5, 5.41) is 0. The van der Waals surface area contributed by atoms with Crippen LogP contribution in [0.1, 0.15) is 25.1 Å². The second kappa shape index (κ2) is 12.2. The fraction of sp³-hybridized carbons (Fsp3) is 0.308. The van der Waals surface area contributed by atoms with Gasteiger partial charge in [0.2, 0.25) is 0 Å². The number of carbonyl (C=O) groups is 1.